The zero-order chi connectivity index (χ0) is 12.4. The van der Waals surface area contributed by atoms with E-state index >= 15 is 0 Å². The minimum absolute atomic E-state index is 0.131. The normalized spacial score (nSPS) is 12.5. The van der Waals surface area contributed by atoms with E-state index in [9.17, 15) is 22.4 Å². The molecule has 0 bridgehead atoms. The Kier molecular flexibility index (Phi) is 3.47. The summed E-state index contributed by atoms with van der Waals surface area (Å²) in [6.07, 6.45) is 0. The highest BCUT2D eigenvalue weighted by Gasteiger charge is 2.63. The number of halogens is 4. The van der Waals surface area contributed by atoms with Crippen molar-refractivity contribution < 1.29 is 27.5 Å². The number of alkyl halides is 4. The molecular formula is C9H6F4O2S. The lowest BCUT2D eigenvalue weighted by atomic mass is 10.3. The van der Waals surface area contributed by atoms with Gasteiger partial charge in [-0.2, -0.15) is 17.6 Å². The van der Waals surface area contributed by atoms with Crippen LogP contribution in [0.15, 0.2) is 35.2 Å². The highest BCUT2D eigenvalue weighted by atomic mass is 32.2. The average Bonchev–Trinajstić information content (AvgIpc) is 2.18. The van der Waals surface area contributed by atoms with E-state index in [1.807, 2.05) is 0 Å². The summed E-state index contributed by atoms with van der Waals surface area (Å²) in [6.45, 7) is 0. The molecule has 88 valence electrons. The standard InChI is InChI=1S/C9H6F4O2S/c10-8(11,7(14)15)9(12,13)16-6-4-2-1-3-5-6/h1-5H,(H,14,15). The molecule has 0 fully saturated rings. The second kappa shape index (κ2) is 4.32. The van der Waals surface area contributed by atoms with Crippen molar-refractivity contribution in [3.8, 4) is 0 Å². The SMILES string of the molecule is O=C(O)C(F)(F)C(F)(F)Sc1ccccc1. The lowest BCUT2D eigenvalue weighted by Crippen LogP contribution is -2.44. The van der Waals surface area contributed by atoms with Gasteiger partial charge in [-0.3, -0.25) is 0 Å². The highest BCUT2D eigenvalue weighted by Crippen LogP contribution is 2.46. The minimum atomic E-state index is -5.10. The molecule has 0 saturated carbocycles. The number of carbonyl (C=O) groups is 1. The Balaban J connectivity index is 2.92. The van der Waals surface area contributed by atoms with Crippen LogP contribution >= 0.6 is 11.8 Å². The summed E-state index contributed by atoms with van der Waals surface area (Å²) in [7, 11) is 0. The number of rotatable bonds is 4. The lowest BCUT2D eigenvalue weighted by molar-refractivity contribution is -0.195. The van der Waals surface area contributed by atoms with Crippen molar-refractivity contribution in [1.29, 1.82) is 0 Å². The van der Waals surface area contributed by atoms with Crippen molar-refractivity contribution >= 4 is 17.7 Å². The molecule has 0 unspecified atom stereocenters. The molecule has 0 spiro atoms. The Bertz CT molecular complexity index is 380. The maximum Gasteiger partial charge on any atom is 0.414 e. The first-order valence-electron chi connectivity index (χ1n) is 4.00. The molecule has 0 saturated heterocycles. The van der Waals surface area contributed by atoms with E-state index in [-0.39, 0.29) is 4.90 Å². The van der Waals surface area contributed by atoms with Crippen molar-refractivity contribution in [3.63, 3.8) is 0 Å². The number of carboxylic acids is 1. The van der Waals surface area contributed by atoms with Crippen LogP contribution in [0.2, 0.25) is 0 Å². The lowest BCUT2D eigenvalue weighted by Gasteiger charge is -2.21. The Morgan fingerprint density at radius 1 is 1.12 bits per heavy atom. The summed E-state index contributed by atoms with van der Waals surface area (Å²) >= 11 is -0.483. The molecule has 0 radical (unpaired) electrons. The molecule has 0 amide bonds. The first kappa shape index (κ1) is 12.8. The van der Waals surface area contributed by atoms with Crippen LogP contribution in [0.1, 0.15) is 0 Å². The van der Waals surface area contributed by atoms with Crippen LogP contribution in [0.5, 0.6) is 0 Å². The van der Waals surface area contributed by atoms with E-state index in [0.717, 1.165) is 0 Å². The summed E-state index contributed by atoms with van der Waals surface area (Å²) in [5.41, 5.74) is 0. The quantitative estimate of drug-likeness (QED) is 0.662. The molecule has 1 rings (SSSR count). The van der Waals surface area contributed by atoms with Gasteiger partial charge in [0.2, 0.25) is 0 Å². The fourth-order valence-corrected chi connectivity index (χ4v) is 1.63. The van der Waals surface area contributed by atoms with Crippen LogP contribution in [0.25, 0.3) is 0 Å². The van der Waals surface area contributed by atoms with Crippen LogP contribution in [-0.2, 0) is 4.79 Å². The van der Waals surface area contributed by atoms with Crippen LogP contribution in [0.4, 0.5) is 17.6 Å². The van der Waals surface area contributed by atoms with Gasteiger partial charge in [0.1, 0.15) is 0 Å². The van der Waals surface area contributed by atoms with Gasteiger partial charge in [0, 0.05) is 4.90 Å². The third-order valence-electron chi connectivity index (χ3n) is 1.62. The minimum Gasteiger partial charge on any atom is -0.477 e. The predicted molar refractivity (Wildman–Crippen MR) is 49.8 cm³/mol. The summed E-state index contributed by atoms with van der Waals surface area (Å²) in [4.78, 5) is 9.88. The third-order valence-corrected chi connectivity index (χ3v) is 2.64. The van der Waals surface area contributed by atoms with E-state index in [2.05, 4.69) is 0 Å². The first-order valence-corrected chi connectivity index (χ1v) is 4.82. The molecule has 16 heavy (non-hydrogen) atoms. The van der Waals surface area contributed by atoms with E-state index in [4.69, 9.17) is 5.11 Å². The predicted octanol–water partition coefficient (Wildman–Crippen LogP) is 3.09. The number of aliphatic carboxylic acids is 1. The molecule has 0 aliphatic carbocycles. The van der Waals surface area contributed by atoms with Gasteiger partial charge >= 0.3 is 17.1 Å². The number of thioether (sulfide) groups is 1. The molecule has 0 aliphatic rings. The van der Waals surface area contributed by atoms with Gasteiger partial charge in [-0.05, 0) is 23.9 Å². The second-order valence-corrected chi connectivity index (χ2v) is 4.00. The molecular weight excluding hydrogens is 248 g/mol. The summed E-state index contributed by atoms with van der Waals surface area (Å²) < 4.78 is 51.2. The molecule has 1 N–H and O–H groups in total. The van der Waals surface area contributed by atoms with Gasteiger partial charge in [-0.25, -0.2) is 4.79 Å². The first-order chi connectivity index (χ1) is 7.27. The maximum atomic E-state index is 13.0. The summed E-state index contributed by atoms with van der Waals surface area (Å²) in [6, 6.07) is 6.68. The third kappa shape index (κ3) is 2.46. The Hall–Kier alpha value is -1.24. The van der Waals surface area contributed by atoms with E-state index in [1.165, 1.54) is 30.3 Å². The van der Waals surface area contributed by atoms with Gasteiger partial charge < -0.3 is 5.11 Å². The Morgan fingerprint density at radius 2 is 1.62 bits per heavy atom. The van der Waals surface area contributed by atoms with Crippen molar-refractivity contribution in [2.24, 2.45) is 0 Å². The number of carboxylic acid groups (broad SMARTS) is 1. The molecule has 0 heterocycles. The van der Waals surface area contributed by atoms with Gasteiger partial charge in [0.25, 0.3) is 0 Å². The van der Waals surface area contributed by atoms with Crippen LogP contribution in [0.3, 0.4) is 0 Å². The maximum absolute atomic E-state index is 13.0. The van der Waals surface area contributed by atoms with Crippen molar-refractivity contribution in [2.75, 3.05) is 0 Å². The van der Waals surface area contributed by atoms with Gasteiger partial charge in [0.05, 0.1) is 0 Å². The van der Waals surface area contributed by atoms with Crippen molar-refractivity contribution in [2.45, 2.75) is 16.1 Å². The monoisotopic (exact) mass is 254 g/mol. The van der Waals surface area contributed by atoms with E-state index < -0.39 is 28.9 Å². The van der Waals surface area contributed by atoms with Gasteiger partial charge in [-0.15, -0.1) is 0 Å². The van der Waals surface area contributed by atoms with Crippen LogP contribution in [0, 0.1) is 0 Å². The largest absolute Gasteiger partial charge is 0.477 e. The second-order valence-electron chi connectivity index (χ2n) is 2.81. The fraction of sp³-hybridized carbons (Fsp3) is 0.222. The zero-order valence-electron chi connectivity index (χ0n) is 7.66. The Labute approximate surface area is 92.3 Å². The molecule has 0 aromatic heterocycles. The van der Waals surface area contributed by atoms with E-state index in [1.54, 1.807) is 0 Å². The molecule has 1 aromatic carbocycles. The fourth-order valence-electron chi connectivity index (χ4n) is 0.825. The topological polar surface area (TPSA) is 37.3 Å². The van der Waals surface area contributed by atoms with Gasteiger partial charge in [0.15, 0.2) is 0 Å². The smallest absolute Gasteiger partial charge is 0.414 e. The number of hydrogen-bond donors (Lipinski definition) is 1. The van der Waals surface area contributed by atoms with Crippen LogP contribution in [-0.4, -0.2) is 22.3 Å². The average molecular weight is 254 g/mol. The molecule has 1 aromatic rings. The Morgan fingerprint density at radius 3 is 2.06 bits per heavy atom. The molecule has 0 atom stereocenters. The van der Waals surface area contributed by atoms with Crippen LogP contribution < -0.4 is 0 Å². The molecule has 0 aliphatic heterocycles. The summed E-state index contributed by atoms with van der Waals surface area (Å²) in [5.74, 6) is -7.95. The molecule has 2 nitrogen and oxygen atoms in total. The van der Waals surface area contributed by atoms with Crippen molar-refractivity contribution in [1.82, 2.24) is 0 Å². The van der Waals surface area contributed by atoms with Crippen molar-refractivity contribution in [3.05, 3.63) is 30.3 Å². The molecule has 7 heteroatoms. The summed E-state index contributed by atoms with van der Waals surface area (Å²) in [5, 5.41) is 3.32. The highest BCUT2D eigenvalue weighted by molar-refractivity contribution is 8.00. The van der Waals surface area contributed by atoms with E-state index in [0.29, 0.717) is 0 Å². The van der Waals surface area contributed by atoms with Gasteiger partial charge in [-0.1, -0.05) is 18.2 Å². The number of benzene rings is 1. The zero-order valence-corrected chi connectivity index (χ0v) is 8.48. The number of hydrogen-bond acceptors (Lipinski definition) is 2.